The molecule has 4 nitrogen and oxygen atoms in total. The van der Waals surface area contributed by atoms with E-state index in [1.165, 1.54) is 10.7 Å². The first-order valence-corrected chi connectivity index (χ1v) is 4.91. The van der Waals surface area contributed by atoms with Crippen LogP contribution in [0.3, 0.4) is 0 Å². The first-order chi connectivity index (χ1) is 7.59. The highest BCUT2D eigenvalue weighted by Gasteiger charge is 2.13. The van der Waals surface area contributed by atoms with Crippen LogP contribution in [-0.4, -0.2) is 20.9 Å². The van der Waals surface area contributed by atoms with Crippen molar-refractivity contribution in [2.45, 2.75) is 12.8 Å². The van der Waals surface area contributed by atoms with Crippen LogP contribution in [0.25, 0.3) is 10.9 Å². The van der Waals surface area contributed by atoms with Gasteiger partial charge < -0.3 is 5.11 Å². The van der Waals surface area contributed by atoms with Gasteiger partial charge in [-0.05, 0) is 12.1 Å². The van der Waals surface area contributed by atoms with Crippen LogP contribution in [0.4, 0.5) is 4.39 Å². The summed E-state index contributed by atoms with van der Waals surface area (Å²) in [7, 11) is 1.69. The molecule has 0 saturated carbocycles. The molecule has 0 unspecified atom stereocenters. The summed E-state index contributed by atoms with van der Waals surface area (Å²) in [5, 5.41) is 13.2. The van der Waals surface area contributed by atoms with Gasteiger partial charge in [0, 0.05) is 19.2 Å². The van der Waals surface area contributed by atoms with E-state index in [-0.39, 0.29) is 18.7 Å². The van der Waals surface area contributed by atoms with E-state index in [1.54, 1.807) is 19.2 Å². The molecule has 16 heavy (non-hydrogen) atoms. The Labute approximate surface area is 91.3 Å². The Balaban J connectivity index is 2.50. The molecule has 1 aromatic carbocycles. The molecule has 0 fully saturated rings. The molecule has 0 atom stereocenters. The maximum Gasteiger partial charge on any atom is 0.303 e. The van der Waals surface area contributed by atoms with Crippen molar-refractivity contribution in [1.29, 1.82) is 0 Å². The van der Waals surface area contributed by atoms with E-state index in [2.05, 4.69) is 5.10 Å². The summed E-state index contributed by atoms with van der Waals surface area (Å²) in [6.45, 7) is 0. The van der Waals surface area contributed by atoms with E-state index in [0.29, 0.717) is 16.6 Å². The van der Waals surface area contributed by atoms with Crippen LogP contribution >= 0.6 is 0 Å². The molecule has 0 aliphatic heterocycles. The number of aryl methyl sites for hydroxylation is 2. The Morgan fingerprint density at radius 3 is 3.00 bits per heavy atom. The largest absolute Gasteiger partial charge is 0.481 e. The predicted octanol–water partition coefficient (Wildman–Crippen LogP) is 1.73. The molecule has 2 aromatic rings. The first-order valence-electron chi connectivity index (χ1n) is 4.91. The second-order valence-corrected chi connectivity index (χ2v) is 3.60. The summed E-state index contributed by atoms with van der Waals surface area (Å²) in [5.74, 6) is -1.25. The molecule has 1 aromatic heterocycles. The van der Waals surface area contributed by atoms with E-state index in [0.717, 1.165) is 0 Å². The molecule has 0 saturated heterocycles. The lowest BCUT2D eigenvalue weighted by Crippen LogP contribution is -2.03. The van der Waals surface area contributed by atoms with Crippen molar-refractivity contribution in [3.8, 4) is 0 Å². The third-order valence-electron chi connectivity index (χ3n) is 2.50. The van der Waals surface area contributed by atoms with Gasteiger partial charge in [-0.3, -0.25) is 9.48 Å². The topological polar surface area (TPSA) is 55.1 Å². The van der Waals surface area contributed by atoms with Gasteiger partial charge in [0.1, 0.15) is 5.82 Å². The molecule has 0 radical (unpaired) electrons. The van der Waals surface area contributed by atoms with Gasteiger partial charge in [0.15, 0.2) is 0 Å². The fourth-order valence-corrected chi connectivity index (χ4v) is 1.78. The zero-order valence-electron chi connectivity index (χ0n) is 8.77. The number of benzene rings is 1. The molecule has 1 N–H and O–H groups in total. The number of nitrogens with zero attached hydrogens (tertiary/aromatic N) is 2. The normalized spacial score (nSPS) is 10.9. The average molecular weight is 222 g/mol. The number of rotatable bonds is 3. The summed E-state index contributed by atoms with van der Waals surface area (Å²) in [5.41, 5.74) is 1.18. The van der Waals surface area contributed by atoms with Crippen molar-refractivity contribution >= 4 is 16.9 Å². The van der Waals surface area contributed by atoms with Crippen molar-refractivity contribution in [3.05, 3.63) is 29.7 Å². The van der Waals surface area contributed by atoms with Gasteiger partial charge in [-0.25, -0.2) is 4.39 Å². The van der Waals surface area contributed by atoms with E-state index in [4.69, 9.17) is 5.11 Å². The zero-order chi connectivity index (χ0) is 11.7. The first kappa shape index (κ1) is 10.6. The average Bonchev–Trinajstić information content (AvgIpc) is 2.52. The molecule has 2 rings (SSSR count). The van der Waals surface area contributed by atoms with Crippen molar-refractivity contribution < 1.29 is 14.3 Å². The number of carboxylic acids is 1. The number of aliphatic carboxylic acids is 1. The van der Waals surface area contributed by atoms with Crippen molar-refractivity contribution in [2.75, 3.05) is 0 Å². The lowest BCUT2D eigenvalue weighted by Gasteiger charge is -2.00. The van der Waals surface area contributed by atoms with Crippen LogP contribution in [0.1, 0.15) is 12.1 Å². The van der Waals surface area contributed by atoms with Crippen LogP contribution in [0.15, 0.2) is 18.2 Å². The molecule has 0 spiro atoms. The summed E-state index contributed by atoms with van der Waals surface area (Å²) >= 11 is 0. The van der Waals surface area contributed by atoms with Crippen molar-refractivity contribution in [1.82, 2.24) is 9.78 Å². The van der Waals surface area contributed by atoms with Crippen LogP contribution in [0.2, 0.25) is 0 Å². The van der Waals surface area contributed by atoms with Crippen LogP contribution < -0.4 is 0 Å². The third kappa shape index (κ3) is 1.76. The summed E-state index contributed by atoms with van der Waals surface area (Å²) in [6, 6.07) is 4.66. The maximum absolute atomic E-state index is 13.6. The standard InChI is InChI=1S/C11H11FN2O2/c1-14-9(5-6-10(15)16)11-7(12)3-2-4-8(11)13-14/h2-4H,5-6H2,1H3,(H,15,16). The molecule has 5 heteroatoms. The number of carboxylic acid groups (broad SMARTS) is 1. The number of aromatic nitrogens is 2. The Morgan fingerprint density at radius 2 is 2.31 bits per heavy atom. The lowest BCUT2D eigenvalue weighted by atomic mass is 10.1. The second-order valence-electron chi connectivity index (χ2n) is 3.60. The molecular weight excluding hydrogens is 211 g/mol. The minimum Gasteiger partial charge on any atom is -0.481 e. The third-order valence-corrected chi connectivity index (χ3v) is 2.50. The van der Waals surface area contributed by atoms with Gasteiger partial charge >= 0.3 is 5.97 Å². The predicted molar refractivity (Wildman–Crippen MR) is 56.6 cm³/mol. The Morgan fingerprint density at radius 1 is 1.56 bits per heavy atom. The number of carbonyl (C=O) groups is 1. The monoisotopic (exact) mass is 222 g/mol. The highest BCUT2D eigenvalue weighted by molar-refractivity contribution is 5.82. The highest BCUT2D eigenvalue weighted by Crippen LogP contribution is 2.22. The van der Waals surface area contributed by atoms with Crippen LogP contribution in [0.5, 0.6) is 0 Å². The molecular formula is C11H11FN2O2. The SMILES string of the molecule is Cn1nc2cccc(F)c2c1CCC(=O)O. The Bertz CT molecular complexity index is 548. The number of hydrogen-bond donors (Lipinski definition) is 1. The summed E-state index contributed by atoms with van der Waals surface area (Å²) < 4.78 is 15.1. The summed E-state index contributed by atoms with van der Waals surface area (Å²) in [6.07, 6.45) is 0.256. The van der Waals surface area contributed by atoms with Crippen LogP contribution in [-0.2, 0) is 18.3 Å². The van der Waals surface area contributed by atoms with Crippen molar-refractivity contribution in [3.63, 3.8) is 0 Å². The fourth-order valence-electron chi connectivity index (χ4n) is 1.78. The smallest absolute Gasteiger partial charge is 0.303 e. The lowest BCUT2D eigenvalue weighted by molar-refractivity contribution is -0.136. The molecule has 84 valence electrons. The molecule has 0 aliphatic rings. The second kappa shape index (κ2) is 3.92. The molecule has 0 amide bonds. The number of halogens is 1. The quantitative estimate of drug-likeness (QED) is 0.860. The van der Waals surface area contributed by atoms with Gasteiger partial charge in [-0.1, -0.05) is 6.07 Å². The molecule has 0 bridgehead atoms. The summed E-state index contributed by atoms with van der Waals surface area (Å²) in [4.78, 5) is 10.5. The van der Waals surface area contributed by atoms with Crippen LogP contribution in [0, 0.1) is 5.82 Å². The van der Waals surface area contributed by atoms with Gasteiger partial charge in [-0.15, -0.1) is 0 Å². The van der Waals surface area contributed by atoms with Gasteiger partial charge in [0.2, 0.25) is 0 Å². The van der Waals surface area contributed by atoms with E-state index in [9.17, 15) is 9.18 Å². The van der Waals surface area contributed by atoms with E-state index in [1.807, 2.05) is 0 Å². The Kier molecular flexibility index (Phi) is 2.60. The minimum absolute atomic E-state index is 0.0248. The van der Waals surface area contributed by atoms with Crippen molar-refractivity contribution in [2.24, 2.45) is 7.05 Å². The van der Waals surface area contributed by atoms with Gasteiger partial charge in [0.25, 0.3) is 0 Å². The van der Waals surface area contributed by atoms with Gasteiger partial charge in [0.05, 0.1) is 17.3 Å². The number of fused-ring (bicyclic) bond motifs is 1. The Hall–Kier alpha value is -1.91. The molecule has 1 heterocycles. The minimum atomic E-state index is -0.898. The van der Waals surface area contributed by atoms with E-state index < -0.39 is 5.97 Å². The zero-order valence-corrected chi connectivity index (χ0v) is 8.77. The molecule has 0 aliphatic carbocycles. The fraction of sp³-hybridized carbons (Fsp3) is 0.273. The highest BCUT2D eigenvalue weighted by atomic mass is 19.1. The number of hydrogen-bond acceptors (Lipinski definition) is 2. The van der Waals surface area contributed by atoms with E-state index >= 15 is 0 Å². The maximum atomic E-state index is 13.6. The van der Waals surface area contributed by atoms with Gasteiger partial charge in [-0.2, -0.15) is 5.10 Å².